The Labute approximate surface area is 186 Å². The minimum Gasteiger partial charge on any atom is -0.488 e. The molecule has 4 nitrogen and oxygen atoms in total. The van der Waals surface area contributed by atoms with Crippen LogP contribution in [0.2, 0.25) is 5.02 Å². The molecule has 0 aliphatic rings. The zero-order valence-electron chi connectivity index (χ0n) is 16.6. The molecule has 2 unspecified atom stereocenters. The maximum absolute atomic E-state index is 9.94. The molecule has 3 aromatic carbocycles. The van der Waals surface area contributed by atoms with E-state index < -0.39 is 12.1 Å². The monoisotopic (exact) mass is 443 g/mol. The van der Waals surface area contributed by atoms with Gasteiger partial charge in [0.05, 0.1) is 23.6 Å². The molecule has 0 amide bonds. The van der Waals surface area contributed by atoms with E-state index in [1.807, 2.05) is 72.8 Å². The van der Waals surface area contributed by atoms with E-state index in [0.717, 1.165) is 26.7 Å². The Morgan fingerprint density at radius 1 is 1.00 bits per heavy atom. The van der Waals surface area contributed by atoms with Crippen LogP contribution in [0.25, 0.3) is 0 Å². The Morgan fingerprint density at radius 3 is 2.47 bits per heavy atom. The van der Waals surface area contributed by atoms with E-state index in [1.165, 1.54) is 0 Å². The third-order valence-corrected chi connectivity index (χ3v) is 6.15. The molecule has 3 aromatic rings. The maximum Gasteiger partial charge on any atom is 0.133 e. The van der Waals surface area contributed by atoms with Crippen LogP contribution in [0, 0.1) is 0 Å². The van der Waals surface area contributed by atoms with Crippen molar-refractivity contribution in [2.45, 2.75) is 41.4 Å². The summed E-state index contributed by atoms with van der Waals surface area (Å²) in [5.41, 5.74) is 7.72. The first-order valence-electron chi connectivity index (χ1n) is 9.83. The molecule has 158 valence electrons. The largest absolute Gasteiger partial charge is 0.488 e. The van der Waals surface area contributed by atoms with E-state index in [1.54, 1.807) is 11.8 Å². The van der Waals surface area contributed by atoms with Crippen molar-refractivity contribution in [2.24, 2.45) is 5.73 Å². The Bertz CT molecular complexity index is 939. The van der Waals surface area contributed by atoms with E-state index in [2.05, 4.69) is 0 Å². The first-order valence-corrected chi connectivity index (χ1v) is 11.0. The molecular formula is C24H26ClNO3S. The molecule has 0 bridgehead atoms. The second-order valence-electron chi connectivity index (χ2n) is 7.03. The Kier molecular flexibility index (Phi) is 8.61. The number of aliphatic hydroxyl groups excluding tert-OH is 2. The van der Waals surface area contributed by atoms with Crippen molar-refractivity contribution >= 4 is 23.4 Å². The molecule has 0 heterocycles. The first-order chi connectivity index (χ1) is 14.6. The highest BCUT2D eigenvalue weighted by molar-refractivity contribution is 7.99. The van der Waals surface area contributed by atoms with Gasteiger partial charge in [-0.1, -0.05) is 71.9 Å². The lowest BCUT2D eigenvalue weighted by Gasteiger charge is -2.17. The standard InChI is InChI=1S/C24H26ClNO3S/c25-20-14-19(12-10-18(20)11-13-22(28)21(26)15-27)30-24-9-5-4-8-23(24)29-16-17-6-2-1-3-7-17/h1-10,12,14,21-22,27-28H,11,13,15-16,26H2. The molecule has 0 radical (unpaired) electrons. The molecule has 0 fully saturated rings. The smallest absolute Gasteiger partial charge is 0.133 e. The van der Waals surface area contributed by atoms with Gasteiger partial charge in [0.1, 0.15) is 12.4 Å². The molecule has 0 saturated carbocycles. The van der Waals surface area contributed by atoms with Gasteiger partial charge in [-0.05, 0) is 48.2 Å². The molecule has 0 saturated heterocycles. The van der Waals surface area contributed by atoms with E-state index >= 15 is 0 Å². The maximum atomic E-state index is 9.94. The number of nitrogens with two attached hydrogens (primary N) is 1. The van der Waals surface area contributed by atoms with Gasteiger partial charge in [0.25, 0.3) is 0 Å². The van der Waals surface area contributed by atoms with Crippen molar-refractivity contribution in [3.8, 4) is 5.75 Å². The van der Waals surface area contributed by atoms with Crippen LogP contribution in [0.5, 0.6) is 5.75 Å². The lowest BCUT2D eigenvalue weighted by Crippen LogP contribution is -2.38. The summed E-state index contributed by atoms with van der Waals surface area (Å²) >= 11 is 8.06. The predicted octanol–water partition coefficient (Wildman–Crippen LogP) is 4.68. The number of aryl methyl sites for hydroxylation is 1. The highest BCUT2D eigenvalue weighted by Gasteiger charge is 2.15. The van der Waals surface area contributed by atoms with Crippen LogP contribution in [0.3, 0.4) is 0 Å². The van der Waals surface area contributed by atoms with Crippen LogP contribution in [-0.4, -0.2) is 29.0 Å². The average Bonchev–Trinajstić information content (AvgIpc) is 2.78. The molecule has 0 aromatic heterocycles. The highest BCUT2D eigenvalue weighted by Crippen LogP contribution is 2.37. The Hall–Kier alpha value is -2.02. The molecular weight excluding hydrogens is 418 g/mol. The SMILES string of the molecule is NC(CO)C(O)CCc1ccc(Sc2ccccc2OCc2ccccc2)cc1Cl. The van der Waals surface area contributed by atoms with E-state index in [-0.39, 0.29) is 6.61 Å². The predicted molar refractivity (Wildman–Crippen MR) is 122 cm³/mol. The second-order valence-corrected chi connectivity index (χ2v) is 8.55. The number of hydrogen-bond acceptors (Lipinski definition) is 5. The summed E-state index contributed by atoms with van der Waals surface area (Å²) in [6, 6.07) is 23.3. The number of rotatable bonds is 10. The van der Waals surface area contributed by atoms with Crippen LogP contribution in [-0.2, 0) is 13.0 Å². The second kappa shape index (κ2) is 11.4. The minimum atomic E-state index is -0.756. The van der Waals surface area contributed by atoms with E-state index in [4.69, 9.17) is 27.2 Å². The number of halogens is 1. The van der Waals surface area contributed by atoms with E-state index in [9.17, 15) is 5.11 Å². The molecule has 6 heteroatoms. The number of para-hydroxylation sites is 1. The van der Waals surface area contributed by atoms with Crippen molar-refractivity contribution in [1.82, 2.24) is 0 Å². The Morgan fingerprint density at radius 2 is 1.73 bits per heavy atom. The highest BCUT2D eigenvalue weighted by atomic mass is 35.5. The van der Waals surface area contributed by atoms with Crippen LogP contribution < -0.4 is 10.5 Å². The third-order valence-electron chi connectivity index (χ3n) is 4.75. The van der Waals surface area contributed by atoms with Crippen molar-refractivity contribution in [1.29, 1.82) is 0 Å². The molecule has 4 N–H and O–H groups in total. The number of aliphatic hydroxyl groups is 2. The fourth-order valence-electron chi connectivity index (χ4n) is 2.95. The van der Waals surface area contributed by atoms with Gasteiger partial charge in [-0.25, -0.2) is 0 Å². The summed E-state index contributed by atoms with van der Waals surface area (Å²) in [6.45, 7) is 0.270. The molecule has 30 heavy (non-hydrogen) atoms. The Balaban J connectivity index is 1.64. The van der Waals surface area contributed by atoms with Crippen molar-refractivity contribution in [3.05, 3.63) is 88.9 Å². The summed E-state index contributed by atoms with van der Waals surface area (Å²) in [6.07, 6.45) is 0.285. The van der Waals surface area contributed by atoms with Crippen molar-refractivity contribution in [2.75, 3.05) is 6.61 Å². The number of benzene rings is 3. The molecule has 0 aliphatic heterocycles. The molecule has 0 spiro atoms. The summed E-state index contributed by atoms with van der Waals surface area (Å²) < 4.78 is 6.03. The fraction of sp³-hybridized carbons (Fsp3) is 0.250. The number of ether oxygens (including phenoxy) is 1. The quantitative estimate of drug-likeness (QED) is 0.424. The zero-order valence-corrected chi connectivity index (χ0v) is 18.1. The zero-order chi connectivity index (χ0) is 21.3. The number of hydrogen-bond donors (Lipinski definition) is 3. The van der Waals surface area contributed by atoms with Crippen LogP contribution in [0.1, 0.15) is 17.5 Å². The normalized spacial score (nSPS) is 13.1. The van der Waals surface area contributed by atoms with Crippen LogP contribution in [0.4, 0.5) is 0 Å². The van der Waals surface area contributed by atoms with Gasteiger partial charge < -0.3 is 20.7 Å². The summed E-state index contributed by atoms with van der Waals surface area (Å²) in [5, 5.41) is 19.6. The molecule has 0 aliphatic carbocycles. The van der Waals surface area contributed by atoms with Gasteiger partial charge in [0, 0.05) is 9.92 Å². The minimum absolute atomic E-state index is 0.240. The van der Waals surface area contributed by atoms with Gasteiger partial charge in [0.2, 0.25) is 0 Å². The summed E-state index contributed by atoms with van der Waals surface area (Å²) in [7, 11) is 0. The summed E-state index contributed by atoms with van der Waals surface area (Å²) in [4.78, 5) is 2.02. The molecule has 2 atom stereocenters. The summed E-state index contributed by atoms with van der Waals surface area (Å²) in [5.74, 6) is 0.827. The molecule has 3 rings (SSSR count). The lowest BCUT2D eigenvalue weighted by molar-refractivity contribution is 0.102. The van der Waals surface area contributed by atoms with Gasteiger partial charge in [0.15, 0.2) is 0 Å². The van der Waals surface area contributed by atoms with E-state index in [0.29, 0.717) is 24.5 Å². The van der Waals surface area contributed by atoms with Crippen LogP contribution >= 0.6 is 23.4 Å². The topological polar surface area (TPSA) is 75.7 Å². The third kappa shape index (κ3) is 6.49. The van der Waals surface area contributed by atoms with Crippen molar-refractivity contribution in [3.63, 3.8) is 0 Å². The lowest BCUT2D eigenvalue weighted by atomic mass is 10.0. The van der Waals surface area contributed by atoms with Gasteiger partial charge in [-0.2, -0.15) is 0 Å². The first kappa shape index (κ1) is 22.7. The fourth-order valence-corrected chi connectivity index (χ4v) is 4.23. The van der Waals surface area contributed by atoms with Gasteiger partial charge >= 0.3 is 0 Å². The average molecular weight is 444 g/mol. The van der Waals surface area contributed by atoms with Crippen molar-refractivity contribution < 1.29 is 14.9 Å². The van der Waals surface area contributed by atoms with Crippen LogP contribution in [0.15, 0.2) is 82.6 Å². The van der Waals surface area contributed by atoms with Gasteiger partial charge in [-0.3, -0.25) is 0 Å². The van der Waals surface area contributed by atoms with Gasteiger partial charge in [-0.15, -0.1) is 0 Å².